The van der Waals surface area contributed by atoms with Crippen molar-refractivity contribution in [1.29, 1.82) is 0 Å². The number of methoxy groups -OCH3 is 1. The van der Waals surface area contributed by atoms with E-state index < -0.39 is 10.8 Å². The quantitative estimate of drug-likeness (QED) is 0.716. The first-order valence-corrected chi connectivity index (χ1v) is 6.94. The minimum absolute atomic E-state index is 0.306. The lowest BCUT2D eigenvalue weighted by Gasteiger charge is -2.08. The second-order valence-corrected chi connectivity index (χ2v) is 5.47. The Morgan fingerprint density at radius 3 is 2.94 bits per heavy atom. The summed E-state index contributed by atoms with van der Waals surface area (Å²) in [5, 5.41) is 0. The SMILES string of the molecule is COC(=O)C(C)CS(=O)CCc1cccnc1. The van der Waals surface area contributed by atoms with Gasteiger partial charge in [-0.15, -0.1) is 0 Å². The van der Waals surface area contributed by atoms with E-state index in [1.54, 1.807) is 19.3 Å². The zero-order valence-electron chi connectivity index (χ0n) is 10.1. The largest absolute Gasteiger partial charge is 0.469 e. The van der Waals surface area contributed by atoms with Gasteiger partial charge in [0, 0.05) is 34.7 Å². The standard InChI is InChI=1S/C12H17NO3S/c1-10(12(14)16-2)9-17(15)7-5-11-4-3-6-13-8-11/h3-4,6,8,10H,5,7,9H2,1-2H3. The number of aryl methyl sites for hydroxylation is 1. The Bertz CT molecular complexity index is 381. The van der Waals surface area contributed by atoms with Crippen molar-refractivity contribution < 1.29 is 13.7 Å². The van der Waals surface area contributed by atoms with Crippen LogP contribution in [0.15, 0.2) is 24.5 Å². The van der Waals surface area contributed by atoms with Gasteiger partial charge in [-0.3, -0.25) is 14.0 Å². The number of carbonyl (C=O) groups is 1. The highest BCUT2D eigenvalue weighted by Gasteiger charge is 2.16. The van der Waals surface area contributed by atoms with Gasteiger partial charge in [-0.2, -0.15) is 0 Å². The molecule has 2 atom stereocenters. The number of aromatic nitrogens is 1. The highest BCUT2D eigenvalue weighted by Crippen LogP contribution is 2.04. The molecule has 1 heterocycles. The number of nitrogens with zero attached hydrogens (tertiary/aromatic N) is 1. The average Bonchev–Trinajstić information content (AvgIpc) is 2.36. The molecule has 17 heavy (non-hydrogen) atoms. The van der Waals surface area contributed by atoms with Crippen LogP contribution >= 0.6 is 0 Å². The molecule has 0 aromatic carbocycles. The normalized spacial score (nSPS) is 14.0. The lowest BCUT2D eigenvalue weighted by molar-refractivity contribution is -0.144. The van der Waals surface area contributed by atoms with E-state index in [0.29, 0.717) is 17.9 Å². The molecule has 5 heteroatoms. The fourth-order valence-electron chi connectivity index (χ4n) is 1.41. The Hall–Kier alpha value is -1.23. The van der Waals surface area contributed by atoms with Gasteiger partial charge >= 0.3 is 5.97 Å². The molecule has 4 nitrogen and oxygen atoms in total. The molecule has 0 bridgehead atoms. The maximum atomic E-state index is 11.7. The first kappa shape index (κ1) is 13.8. The molecular weight excluding hydrogens is 238 g/mol. The summed E-state index contributed by atoms with van der Waals surface area (Å²) < 4.78 is 16.3. The molecule has 0 saturated carbocycles. The molecule has 0 radical (unpaired) electrons. The zero-order chi connectivity index (χ0) is 12.7. The molecular formula is C12H17NO3S. The molecule has 0 N–H and O–H groups in total. The van der Waals surface area contributed by atoms with E-state index in [9.17, 15) is 9.00 Å². The van der Waals surface area contributed by atoms with Crippen LogP contribution in [0, 0.1) is 5.92 Å². The van der Waals surface area contributed by atoms with E-state index in [1.807, 2.05) is 12.1 Å². The third-order valence-electron chi connectivity index (χ3n) is 2.38. The highest BCUT2D eigenvalue weighted by molar-refractivity contribution is 7.85. The van der Waals surface area contributed by atoms with Crippen molar-refractivity contribution >= 4 is 16.8 Å². The summed E-state index contributed by atoms with van der Waals surface area (Å²) in [6.07, 6.45) is 4.19. The Morgan fingerprint density at radius 1 is 1.59 bits per heavy atom. The predicted molar refractivity (Wildman–Crippen MR) is 67.0 cm³/mol. The minimum Gasteiger partial charge on any atom is -0.469 e. The van der Waals surface area contributed by atoms with E-state index in [-0.39, 0.29) is 11.9 Å². The van der Waals surface area contributed by atoms with Gasteiger partial charge < -0.3 is 4.74 Å². The van der Waals surface area contributed by atoms with E-state index in [4.69, 9.17) is 0 Å². The monoisotopic (exact) mass is 255 g/mol. The lowest BCUT2D eigenvalue weighted by Crippen LogP contribution is -2.21. The van der Waals surface area contributed by atoms with Crippen LogP contribution in [0.3, 0.4) is 0 Å². The van der Waals surface area contributed by atoms with Crippen LogP contribution < -0.4 is 0 Å². The molecule has 94 valence electrons. The van der Waals surface area contributed by atoms with Gasteiger partial charge in [0.1, 0.15) is 0 Å². The second kappa shape index (κ2) is 7.17. The van der Waals surface area contributed by atoms with Gasteiger partial charge in [0.15, 0.2) is 0 Å². The van der Waals surface area contributed by atoms with Gasteiger partial charge in [0.25, 0.3) is 0 Å². The van der Waals surface area contributed by atoms with Crippen molar-refractivity contribution in [3.05, 3.63) is 30.1 Å². The summed E-state index contributed by atoms with van der Waals surface area (Å²) in [6.45, 7) is 1.73. The summed E-state index contributed by atoms with van der Waals surface area (Å²) >= 11 is 0. The van der Waals surface area contributed by atoms with E-state index in [2.05, 4.69) is 9.72 Å². The number of hydrogen-bond donors (Lipinski definition) is 0. The molecule has 0 amide bonds. The maximum absolute atomic E-state index is 11.7. The van der Waals surface area contributed by atoms with Crippen LogP contribution in [0.25, 0.3) is 0 Å². The molecule has 0 spiro atoms. The van der Waals surface area contributed by atoms with E-state index in [0.717, 1.165) is 5.56 Å². The average molecular weight is 255 g/mol. The molecule has 2 unspecified atom stereocenters. The van der Waals surface area contributed by atoms with Gasteiger partial charge in [0.05, 0.1) is 13.0 Å². The number of rotatable bonds is 6. The maximum Gasteiger partial charge on any atom is 0.309 e. The van der Waals surface area contributed by atoms with Crippen LogP contribution in [0.2, 0.25) is 0 Å². The van der Waals surface area contributed by atoms with E-state index in [1.165, 1.54) is 7.11 Å². The van der Waals surface area contributed by atoms with Crippen molar-refractivity contribution in [2.75, 3.05) is 18.6 Å². The van der Waals surface area contributed by atoms with Crippen LogP contribution in [0.1, 0.15) is 12.5 Å². The van der Waals surface area contributed by atoms with Gasteiger partial charge in [-0.25, -0.2) is 0 Å². The Balaban J connectivity index is 2.33. The van der Waals surface area contributed by atoms with Crippen molar-refractivity contribution in [3.8, 4) is 0 Å². The molecule has 1 rings (SSSR count). The summed E-state index contributed by atoms with van der Waals surface area (Å²) in [4.78, 5) is 15.1. The third-order valence-corrected chi connectivity index (χ3v) is 3.91. The summed E-state index contributed by atoms with van der Waals surface area (Å²) in [5.41, 5.74) is 1.06. The Morgan fingerprint density at radius 2 is 2.35 bits per heavy atom. The van der Waals surface area contributed by atoms with Crippen LogP contribution in [0.5, 0.6) is 0 Å². The predicted octanol–water partition coefficient (Wildman–Crippen LogP) is 1.18. The summed E-state index contributed by atoms with van der Waals surface area (Å²) in [5.74, 6) is 0.286. The Kier molecular flexibility index (Phi) is 5.83. The number of carbonyl (C=O) groups excluding carboxylic acids is 1. The molecule has 1 aromatic rings. The molecule has 1 aromatic heterocycles. The molecule has 0 fully saturated rings. The first-order chi connectivity index (χ1) is 8.13. The van der Waals surface area contributed by atoms with Crippen molar-refractivity contribution in [2.45, 2.75) is 13.3 Å². The first-order valence-electron chi connectivity index (χ1n) is 5.45. The topological polar surface area (TPSA) is 56.3 Å². The minimum atomic E-state index is -1.00. The fourth-order valence-corrected chi connectivity index (χ4v) is 2.73. The number of ether oxygens (including phenoxy) is 1. The van der Waals surface area contributed by atoms with Crippen LogP contribution in [-0.2, 0) is 26.8 Å². The zero-order valence-corrected chi connectivity index (χ0v) is 10.9. The molecule has 0 aliphatic heterocycles. The lowest BCUT2D eigenvalue weighted by atomic mass is 10.2. The summed E-state index contributed by atoms with van der Waals surface area (Å²) in [7, 11) is 0.343. The fraction of sp³-hybridized carbons (Fsp3) is 0.500. The van der Waals surface area contributed by atoms with Crippen molar-refractivity contribution in [2.24, 2.45) is 5.92 Å². The van der Waals surface area contributed by atoms with Gasteiger partial charge in [-0.1, -0.05) is 13.0 Å². The van der Waals surface area contributed by atoms with E-state index >= 15 is 0 Å². The van der Waals surface area contributed by atoms with Crippen LogP contribution in [-0.4, -0.2) is 33.8 Å². The van der Waals surface area contributed by atoms with Crippen molar-refractivity contribution in [1.82, 2.24) is 4.98 Å². The number of hydrogen-bond acceptors (Lipinski definition) is 4. The molecule has 0 saturated heterocycles. The second-order valence-electron chi connectivity index (χ2n) is 3.85. The number of esters is 1. The molecule has 0 aliphatic rings. The highest BCUT2D eigenvalue weighted by atomic mass is 32.2. The van der Waals surface area contributed by atoms with Crippen LogP contribution in [0.4, 0.5) is 0 Å². The molecule has 0 aliphatic carbocycles. The number of pyridine rings is 1. The smallest absolute Gasteiger partial charge is 0.309 e. The van der Waals surface area contributed by atoms with Gasteiger partial charge in [0.2, 0.25) is 0 Å². The summed E-state index contributed by atoms with van der Waals surface area (Å²) in [6, 6.07) is 3.81. The van der Waals surface area contributed by atoms with Gasteiger partial charge in [-0.05, 0) is 18.1 Å². The Labute approximate surface area is 104 Å². The third kappa shape index (κ3) is 5.08. The van der Waals surface area contributed by atoms with Crippen molar-refractivity contribution in [3.63, 3.8) is 0 Å².